The first kappa shape index (κ1) is 12.4. The normalized spacial score (nSPS) is 10.8. The van der Waals surface area contributed by atoms with Crippen LogP contribution < -0.4 is 10.6 Å². The molecule has 15 heavy (non-hydrogen) atoms. The van der Waals surface area contributed by atoms with Crippen molar-refractivity contribution >= 4 is 27.3 Å². The van der Waals surface area contributed by atoms with E-state index in [1.54, 1.807) is 0 Å². The number of anilines is 2. The number of nitrogen functional groups attached to an aromatic ring is 1. The van der Waals surface area contributed by atoms with Gasteiger partial charge in [0.15, 0.2) is 0 Å². The zero-order chi connectivity index (χ0) is 11.6. The maximum Gasteiger partial charge on any atom is 0.0517 e. The number of nitrogens with two attached hydrogens (primary N) is 1. The van der Waals surface area contributed by atoms with Crippen molar-refractivity contribution in [1.29, 1.82) is 0 Å². The highest BCUT2D eigenvalue weighted by molar-refractivity contribution is 9.10. The van der Waals surface area contributed by atoms with Crippen LogP contribution in [0.3, 0.4) is 0 Å². The van der Waals surface area contributed by atoms with Gasteiger partial charge in [-0.1, -0.05) is 0 Å². The Morgan fingerprint density at radius 3 is 2.47 bits per heavy atom. The SMILES string of the molecule is CCN(c1cc(C)c(N)cc1Br)C(C)C. The number of hydrogen-bond acceptors (Lipinski definition) is 2. The van der Waals surface area contributed by atoms with E-state index >= 15 is 0 Å². The van der Waals surface area contributed by atoms with Crippen LogP contribution in [0, 0.1) is 6.92 Å². The molecule has 0 spiro atoms. The summed E-state index contributed by atoms with van der Waals surface area (Å²) >= 11 is 3.57. The molecule has 0 atom stereocenters. The van der Waals surface area contributed by atoms with Crippen LogP contribution in [0.1, 0.15) is 26.3 Å². The average molecular weight is 271 g/mol. The molecule has 0 aliphatic heterocycles. The molecule has 0 bridgehead atoms. The lowest BCUT2D eigenvalue weighted by molar-refractivity contribution is 0.702. The summed E-state index contributed by atoms with van der Waals surface area (Å²) < 4.78 is 1.07. The Morgan fingerprint density at radius 1 is 1.40 bits per heavy atom. The van der Waals surface area contributed by atoms with Gasteiger partial charge in [-0.3, -0.25) is 0 Å². The third-order valence-electron chi connectivity index (χ3n) is 2.61. The molecule has 0 fully saturated rings. The van der Waals surface area contributed by atoms with E-state index in [0.29, 0.717) is 6.04 Å². The fraction of sp³-hybridized carbons (Fsp3) is 0.500. The van der Waals surface area contributed by atoms with E-state index in [2.05, 4.69) is 47.7 Å². The molecule has 1 aromatic carbocycles. The first-order valence-electron chi connectivity index (χ1n) is 5.29. The van der Waals surface area contributed by atoms with Crippen molar-refractivity contribution in [2.45, 2.75) is 33.7 Å². The largest absolute Gasteiger partial charge is 0.398 e. The van der Waals surface area contributed by atoms with Gasteiger partial charge in [0.1, 0.15) is 0 Å². The van der Waals surface area contributed by atoms with E-state index < -0.39 is 0 Å². The van der Waals surface area contributed by atoms with Crippen LogP contribution in [-0.4, -0.2) is 12.6 Å². The monoisotopic (exact) mass is 270 g/mol. The van der Waals surface area contributed by atoms with E-state index in [4.69, 9.17) is 5.73 Å². The van der Waals surface area contributed by atoms with Crippen molar-refractivity contribution in [3.05, 3.63) is 22.2 Å². The Balaban J connectivity index is 3.18. The quantitative estimate of drug-likeness (QED) is 0.851. The molecule has 2 N–H and O–H groups in total. The average Bonchev–Trinajstić information content (AvgIpc) is 2.14. The lowest BCUT2D eigenvalue weighted by Crippen LogP contribution is -2.30. The van der Waals surface area contributed by atoms with Crippen LogP contribution in [0.5, 0.6) is 0 Å². The first-order valence-corrected chi connectivity index (χ1v) is 6.09. The molecule has 0 radical (unpaired) electrons. The number of aryl methyl sites for hydroxylation is 1. The second-order valence-corrected chi connectivity index (χ2v) is 4.89. The Bertz CT molecular complexity index is 348. The van der Waals surface area contributed by atoms with Gasteiger partial charge >= 0.3 is 0 Å². The molecule has 1 aromatic rings. The first-order chi connectivity index (χ1) is 6.97. The number of rotatable bonds is 3. The van der Waals surface area contributed by atoms with E-state index in [1.165, 1.54) is 5.69 Å². The summed E-state index contributed by atoms with van der Waals surface area (Å²) in [5, 5.41) is 0. The van der Waals surface area contributed by atoms with Crippen LogP contribution in [0.2, 0.25) is 0 Å². The molecule has 0 amide bonds. The molecular formula is C12H19BrN2. The minimum absolute atomic E-state index is 0.495. The van der Waals surface area contributed by atoms with Gasteiger partial charge in [-0.2, -0.15) is 0 Å². The van der Waals surface area contributed by atoms with Gasteiger partial charge in [0.25, 0.3) is 0 Å². The molecule has 0 aromatic heterocycles. The van der Waals surface area contributed by atoms with Gasteiger partial charge in [0.05, 0.1) is 5.69 Å². The number of benzene rings is 1. The summed E-state index contributed by atoms with van der Waals surface area (Å²) in [7, 11) is 0. The number of halogens is 1. The molecule has 0 saturated heterocycles. The maximum absolute atomic E-state index is 5.86. The van der Waals surface area contributed by atoms with Crippen LogP contribution in [0.15, 0.2) is 16.6 Å². The predicted molar refractivity (Wildman–Crippen MR) is 71.4 cm³/mol. The molecule has 0 aliphatic carbocycles. The molecule has 3 heteroatoms. The molecule has 1 rings (SSSR count). The molecule has 0 unspecified atom stereocenters. The Kier molecular flexibility index (Phi) is 4.03. The van der Waals surface area contributed by atoms with Crippen molar-refractivity contribution in [2.75, 3.05) is 17.2 Å². The molecular weight excluding hydrogens is 252 g/mol. The maximum atomic E-state index is 5.86. The van der Waals surface area contributed by atoms with Crippen molar-refractivity contribution < 1.29 is 0 Å². The minimum atomic E-state index is 0.495. The van der Waals surface area contributed by atoms with Crippen molar-refractivity contribution in [3.8, 4) is 0 Å². The molecule has 0 saturated carbocycles. The summed E-state index contributed by atoms with van der Waals surface area (Å²) in [6, 6.07) is 4.62. The predicted octanol–water partition coefficient (Wildman–Crippen LogP) is 3.57. The topological polar surface area (TPSA) is 29.3 Å². The summed E-state index contributed by atoms with van der Waals surface area (Å²) in [5.41, 5.74) is 9.05. The van der Waals surface area contributed by atoms with Gasteiger partial charge in [0.2, 0.25) is 0 Å². The standard InChI is InChI=1S/C12H19BrN2/c1-5-15(8(2)3)12-6-9(4)11(14)7-10(12)13/h6-8H,5,14H2,1-4H3. The van der Waals surface area contributed by atoms with Crippen LogP contribution in [0.4, 0.5) is 11.4 Å². The van der Waals surface area contributed by atoms with Gasteiger partial charge in [-0.05, 0) is 61.3 Å². The third kappa shape index (κ3) is 2.65. The molecule has 84 valence electrons. The highest BCUT2D eigenvalue weighted by Crippen LogP contribution is 2.31. The number of hydrogen-bond donors (Lipinski definition) is 1. The highest BCUT2D eigenvalue weighted by atomic mass is 79.9. The fourth-order valence-corrected chi connectivity index (χ4v) is 2.30. The Morgan fingerprint density at radius 2 is 2.00 bits per heavy atom. The van der Waals surface area contributed by atoms with E-state index in [9.17, 15) is 0 Å². The third-order valence-corrected chi connectivity index (χ3v) is 3.24. The zero-order valence-corrected chi connectivity index (χ0v) is 11.4. The highest BCUT2D eigenvalue weighted by Gasteiger charge is 2.12. The van der Waals surface area contributed by atoms with E-state index in [0.717, 1.165) is 22.3 Å². The summed E-state index contributed by atoms with van der Waals surface area (Å²) in [6.07, 6.45) is 0. The second kappa shape index (κ2) is 4.88. The van der Waals surface area contributed by atoms with Gasteiger partial charge in [-0.25, -0.2) is 0 Å². The molecule has 2 nitrogen and oxygen atoms in total. The van der Waals surface area contributed by atoms with Crippen LogP contribution in [0.25, 0.3) is 0 Å². The summed E-state index contributed by atoms with van der Waals surface area (Å²) in [5.74, 6) is 0. The van der Waals surface area contributed by atoms with Gasteiger partial charge in [-0.15, -0.1) is 0 Å². The Hall–Kier alpha value is -0.700. The van der Waals surface area contributed by atoms with Crippen molar-refractivity contribution in [2.24, 2.45) is 0 Å². The van der Waals surface area contributed by atoms with Crippen molar-refractivity contribution in [1.82, 2.24) is 0 Å². The molecule has 0 aliphatic rings. The van der Waals surface area contributed by atoms with E-state index in [-0.39, 0.29) is 0 Å². The van der Waals surface area contributed by atoms with E-state index in [1.807, 2.05) is 13.0 Å². The zero-order valence-electron chi connectivity index (χ0n) is 9.84. The Labute approximate surface area is 101 Å². The summed E-state index contributed by atoms with van der Waals surface area (Å²) in [4.78, 5) is 2.34. The smallest absolute Gasteiger partial charge is 0.0517 e. The summed E-state index contributed by atoms with van der Waals surface area (Å²) in [6.45, 7) is 9.60. The van der Waals surface area contributed by atoms with Crippen LogP contribution >= 0.6 is 15.9 Å². The van der Waals surface area contributed by atoms with Gasteiger partial charge in [0, 0.05) is 22.7 Å². The van der Waals surface area contributed by atoms with Crippen LogP contribution in [-0.2, 0) is 0 Å². The van der Waals surface area contributed by atoms with Crippen molar-refractivity contribution in [3.63, 3.8) is 0 Å². The minimum Gasteiger partial charge on any atom is -0.398 e. The lowest BCUT2D eigenvalue weighted by atomic mass is 10.1. The number of nitrogens with zero attached hydrogens (tertiary/aromatic N) is 1. The molecule has 0 heterocycles. The second-order valence-electron chi connectivity index (χ2n) is 4.04. The lowest BCUT2D eigenvalue weighted by Gasteiger charge is -2.29. The van der Waals surface area contributed by atoms with Gasteiger partial charge < -0.3 is 10.6 Å². The fourth-order valence-electron chi connectivity index (χ4n) is 1.72.